The van der Waals surface area contributed by atoms with Crippen molar-refractivity contribution in [3.63, 3.8) is 0 Å². The average molecular weight is 359 g/mol. The van der Waals surface area contributed by atoms with Crippen LogP contribution in [-0.4, -0.2) is 63.1 Å². The number of aryl methyl sites for hydroxylation is 1. The van der Waals surface area contributed by atoms with Crippen LogP contribution in [0.4, 0.5) is 5.82 Å². The third-order valence-electron chi connectivity index (χ3n) is 5.23. The van der Waals surface area contributed by atoms with Gasteiger partial charge in [-0.25, -0.2) is 4.98 Å². The highest BCUT2D eigenvalue weighted by atomic mass is 32.2. The van der Waals surface area contributed by atoms with Gasteiger partial charge in [-0.1, -0.05) is 0 Å². The minimum absolute atomic E-state index is 0.355. The molecule has 7 heteroatoms. The van der Waals surface area contributed by atoms with Crippen molar-refractivity contribution < 1.29 is 4.79 Å². The van der Waals surface area contributed by atoms with E-state index in [1.54, 1.807) is 6.20 Å². The summed E-state index contributed by atoms with van der Waals surface area (Å²) in [5, 5.41) is 4.41. The summed E-state index contributed by atoms with van der Waals surface area (Å²) in [6.07, 6.45) is 4.65. The number of rotatable bonds is 3. The minimum Gasteiger partial charge on any atom is -0.356 e. The molecular formula is C18H25N5OS. The summed E-state index contributed by atoms with van der Waals surface area (Å²) >= 11 is 1.95. The van der Waals surface area contributed by atoms with Crippen LogP contribution in [0.15, 0.2) is 18.3 Å². The van der Waals surface area contributed by atoms with Crippen molar-refractivity contribution in [1.82, 2.24) is 19.5 Å². The fourth-order valence-electron chi connectivity index (χ4n) is 3.80. The molecular weight excluding hydrogens is 334 g/mol. The zero-order valence-corrected chi connectivity index (χ0v) is 15.5. The van der Waals surface area contributed by atoms with Crippen LogP contribution in [0.25, 0.3) is 5.65 Å². The first-order valence-electron chi connectivity index (χ1n) is 9.12. The predicted molar refractivity (Wildman–Crippen MR) is 101 cm³/mol. The molecule has 6 nitrogen and oxygen atoms in total. The number of fused-ring (bicyclic) bond motifs is 1. The smallest absolute Gasteiger partial charge is 0.222 e. The molecule has 2 aromatic heterocycles. The number of anilines is 1. The Balaban J connectivity index is 1.38. The summed E-state index contributed by atoms with van der Waals surface area (Å²) in [6.45, 7) is 5.84. The number of carbonyl (C=O) groups is 1. The Morgan fingerprint density at radius 1 is 1.24 bits per heavy atom. The number of nitrogens with zero attached hydrogens (tertiary/aromatic N) is 5. The van der Waals surface area contributed by atoms with E-state index < -0.39 is 0 Å². The number of thioether (sulfide) groups is 1. The van der Waals surface area contributed by atoms with Gasteiger partial charge in [0.15, 0.2) is 5.65 Å². The summed E-state index contributed by atoms with van der Waals surface area (Å²) in [5.41, 5.74) is 1.92. The van der Waals surface area contributed by atoms with Crippen LogP contribution in [0.3, 0.4) is 0 Å². The van der Waals surface area contributed by atoms with Crippen LogP contribution in [0.1, 0.15) is 25.0 Å². The lowest BCUT2D eigenvalue weighted by atomic mass is 9.93. The van der Waals surface area contributed by atoms with E-state index in [9.17, 15) is 4.79 Å². The van der Waals surface area contributed by atoms with Crippen molar-refractivity contribution in [2.75, 3.05) is 42.6 Å². The van der Waals surface area contributed by atoms with E-state index in [-0.39, 0.29) is 0 Å². The first-order valence-corrected chi connectivity index (χ1v) is 10.3. The Bertz CT molecular complexity index is 747. The molecule has 0 saturated carbocycles. The van der Waals surface area contributed by atoms with Gasteiger partial charge in [-0.2, -0.15) is 21.4 Å². The molecule has 2 fully saturated rings. The fraction of sp³-hybridized carbons (Fsp3) is 0.611. The summed E-state index contributed by atoms with van der Waals surface area (Å²) in [4.78, 5) is 21.4. The van der Waals surface area contributed by atoms with Gasteiger partial charge in [0.25, 0.3) is 0 Å². The van der Waals surface area contributed by atoms with Crippen molar-refractivity contribution in [2.24, 2.45) is 5.92 Å². The number of carbonyl (C=O) groups excluding carboxylic acids is 1. The monoisotopic (exact) mass is 359 g/mol. The molecule has 0 spiro atoms. The lowest BCUT2D eigenvalue weighted by molar-refractivity contribution is -0.132. The van der Waals surface area contributed by atoms with Crippen LogP contribution in [0.2, 0.25) is 0 Å². The van der Waals surface area contributed by atoms with E-state index in [2.05, 4.69) is 25.9 Å². The van der Waals surface area contributed by atoms with Gasteiger partial charge in [0, 0.05) is 61.9 Å². The number of aromatic nitrogens is 3. The van der Waals surface area contributed by atoms with Crippen molar-refractivity contribution in [3.05, 3.63) is 24.0 Å². The second-order valence-electron chi connectivity index (χ2n) is 6.98. The standard InChI is InChI=1S/C18H25N5OS/c1-14-12-17(23-16(20-14)2-5-19-23)21-6-3-15(4-7-21)13-18(24)22-8-10-25-11-9-22/h2,5,12,15H,3-4,6-11,13H2,1H3. The Hall–Kier alpha value is -1.76. The van der Waals surface area contributed by atoms with E-state index >= 15 is 0 Å². The van der Waals surface area contributed by atoms with Gasteiger partial charge < -0.3 is 9.80 Å². The summed E-state index contributed by atoms with van der Waals surface area (Å²) in [7, 11) is 0. The van der Waals surface area contributed by atoms with Crippen LogP contribution in [0.5, 0.6) is 0 Å². The topological polar surface area (TPSA) is 53.7 Å². The molecule has 134 valence electrons. The lowest BCUT2D eigenvalue weighted by Crippen LogP contribution is -2.41. The van der Waals surface area contributed by atoms with E-state index in [1.807, 2.05) is 29.3 Å². The molecule has 2 aromatic rings. The molecule has 4 rings (SSSR count). The van der Waals surface area contributed by atoms with Crippen LogP contribution in [-0.2, 0) is 4.79 Å². The Kier molecular flexibility index (Phi) is 4.83. The Morgan fingerprint density at radius 3 is 2.76 bits per heavy atom. The number of hydrogen-bond acceptors (Lipinski definition) is 5. The van der Waals surface area contributed by atoms with Crippen molar-refractivity contribution in [3.8, 4) is 0 Å². The zero-order valence-electron chi connectivity index (χ0n) is 14.7. The minimum atomic E-state index is 0.355. The van der Waals surface area contributed by atoms with E-state index in [0.717, 1.165) is 67.7 Å². The third kappa shape index (κ3) is 3.61. The molecule has 1 amide bonds. The summed E-state index contributed by atoms with van der Waals surface area (Å²) < 4.78 is 1.92. The predicted octanol–water partition coefficient (Wildman–Crippen LogP) is 2.22. The maximum Gasteiger partial charge on any atom is 0.222 e. The second kappa shape index (κ2) is 7.23. The molecule has 25 heavy (non-hydrogen) atoms. The molecule has 2 aliphatic heterocycles. The molecule has 0 radical (unpaired) electrons. The highest BCUT2D eigenvalue weighted by Crippen LogP contribution is 2.26. The molecule has 2 saturated heterocycles. The van der Waals surface area contributed by atoms with Gasteiger partial charge in [-0.15, -0.1) is 0 Å². The molecule has 0 N–H and O–H groups in total. The third-order valence-corrected chi connectivity index (χ3v) is 6.18. The zero-order chi connectivity index (χ0) is 17.2. The van der Waals surface area contributed by atoms with E-state index in [0.29, 0.717) is 18.2 Å². The summed E-state index contributed by atoms with van der Waals surface area (Å²) in [5.74, 6) is 4.16. The first-order chi connectivity index (χ1) is 12.2. The van der Waals surface area contributed by atoms with Crippen molar-refractivity contribution in [1.29, 1.82) is 0 Å². The molecule has 4 heterocycles. The molecule has 0 bridgehead atoms. The first kappa shape index (κ1) is 16.7. The van der Waals surface area contributed by atoms with Gasteiger partial charge in [0.1, 0.15) is 5.82 Å². The van der Waals surface area contributed by atoms with Gasteiger partial charge in [0.05, 0.1) is 6.20 Å². The van der Waals surface area contributed by atoms with Crippen molar-refractivity contribution >= 4 is 29.1 Å². The Labute approximate surface area is 152 Å². The van der Waals surface area contributed by atoms with E-state index in [1.165, 1.54) is 0 Å². The van der Waals surface area contributed by atoms with Crippen LogP contribution < -0.4 is 4.90 Å². The lowest BCUT2D eigenvalue weighted by Gasteiger charge is -2.34. The largest absolute Gasteiger partial charge is 0.356 e. The number of hydrogen-bond donors (Lipinski definition) is 0. The molecule has 0 unspecified atom stereocenters. The number of piperidine rings is 1. The quantitative estimate of drug-likeness (QED) is 0.841. The average Bonchev–Trinajstić information content (AvgIpc) is 3.11. The van der Waals surface area contributed by atoms with Gasteiger partial charge >= 0.3 is 0 Å². The molecule has 0 aromatic carbocycles. The number of amides is 1. The SMILES string of the molecule is Cc1cc(N2CCC(CC(=O)N3CCSCC3)CC2)n2nccc2n1. The maximum absolute atomic E-state index is 12.5. The van der Waals surface area contributed by atoms with Crippen molar-refractivity contribution in [2.45, 2.75) is 26.2 Å². The molecule has 0 aliphatic carbocycles. The van der Waals surface area contributed by atoms with Gasteiger partial charge in [-0.3, -0.25) is 4.79 Å². The van der Waals surface area contributed by atoms with Gasteiger partial charge in [0.2, 0.25) is 5.91 Å². The van der Waals surface area contributed by atoms with Crippen LogP contribution >= 0.6 is 11.8 Å². The van der Waals surface area contributed by atoms with E-state index in [4.69, 9.17) is 0 Å². The maximum atomic E-state index is 12.5. The Morgan fingerprint density at radius 2 is 2.00 bits per heavy atom. The highest BCUT2D eigenvalue weighted by Gasteiger charge is 2.26. The van der Waals surface area contributed by atoms with Gasteiger partial charge in [-0.05, 0) is 25.7 Å². The fourth-order valence-corrected chi connectivity index (χ4v) is 4.70. The second-order valence-corrected chi connectivity index (χ2v) is 8.21. The van der Waals surface area contributed by atoms with Crippen LogP contribution in [0, 0.1) is 12.8 Å². The molecule has 2 aliphatic rings. The summed E-state index contributed by atoms with van der Waals surface area (Å²) in [6, 6.07) is 4.05. The normalized spacial score (nSPS) is 19.6. The molecule has 0 atom stereocenters. The highest BCUT2D eigenvalue weighted by molar-refractivity contribution is 7.99.